The van der Waals surface area contributed by atoms with Crippen molar-refractivity contribution in [1.82, 2.24) is 4.57 Å². The molecule has 0 radical (unpaired) electrons. The van der Waals surface area contributed by atoms with Crippen LogP contribution in [0.5, 0.6) is 5.75 Å². The minimum absolute atomic E-state index is 0.425. The van der Waals surface area contributed by atoms with Gasteiger partial charge in [0.25, 0.3) is 0 Å². The number of ether oxygens (including phenoxy) is 1. The Balaban J connectivity index is 2.21. The molecule has 0 saturated heterocycles. The highest BCUT2D eigenvalue weighted by atomic mass is 16.5. The van der Waals surface area contributed by atoms with E-state index in [2.05, 4.69) is 47.9 Å². The van der Waals surface area contributed by atoms with E-state index in [-0.39, 0.29) is 0 Å². The second kappa shape index (κ2) is 6.58. The van der Waals surface area contributed by atoms with Crippen LogP contribution < -0.4 is 4.74 Å². The summed E-state index contributed by atoms with van der Waals surface area (Å²) in [6.45, 7) is 2.96. The zero-order chi connectivity index (χ0) is 16.2. The zero-order valence-electron chi connectivity index (χ0n) is 13.5. The first-order valence-electron chi connectivity index (χ1n) is 7.87. The number of benzene rings is 2. The molecule has 0 bridgehead atoms. The average molecular weight is 304 g/mol. The van der Waals surface area contributed by atoms with E-state index in [1.54, 1.807) is 7.11 Å². The van der Waals surface area contributed by atoms with E-state index in [9.17, 15) is 5.26 Å². The number of nitrogens with zero attached hydrogens (tertiary/aromatic N) is 2. The summed E-state index contributed by atoms with van der Waals surface area (Å²) in [5.74, 6) is 0.830. The van der Waals surface area contributed by atoms with Crippen molar-refractivity contribution >= 4 is 10.9 Å². The third kappa shape index (κ3) is 2.80. The van der Waals surface area contributed by atoms with E-state index in [4.69, 9.17) is 4.74 Å². The van der Waals surface area contributed by atoms with Crippen molar-refractivity contribution in [2.24, 2.45) is 0 Å². The third-order valence-electron chi connectivity index (χ3n) is 4.27. The van der Waals surface area contributed by atoms with Crippen LogP contribution in [-0.4, -0.2) is 11.7 Å². The van der Waals surface area contributed by atoms with Gasteiger partial charge in [-0.15, -0.1) is 0 Å². The van der Waals surface area contributed by atoms with Gasteiger partial charge in [-0.3, -0.25) is 0 Å². The number of hydrogen-bond donors (Lipinski definition) is 0. The Hall–Kier alpha value is -2.73. The Morgan fingerprint density at radius 2 is 1.91 bits per heavy atom. The quantitative estimate of drug-likeness (QED) is 0.703. The molecule has 0 unspecified atom stereocenters. The Bertz CT molecular complexity index is 857. The molecule has 0 spiro atoms. The number of aromatic nitrogens is 1. The fraction of sp³-hybridized carbons (Fsp3) is 0.250. The smallest absolute Gasteiger partial charge is 0.119 e. The molecule has 0 atom stereocenters. The summed E-state index contributed by atoms with van der Waals surface area (Å²) in [7, 11) is 1.67. The predicted octanol–water partition coefficient (Wildman–Crippen LogP) is 4.33. The first-order chi connectivity index (χ1) is 11.3. The fourth-order valence-corrected chi connectivity index (χ4v) is 3.21. The molecule has 2 aromatic carbocycles. The Morgan fingerprint density at radius 1 is 1.13 bits per heavy atom. The Kier molecular flexibility index (Phi) is 4.34. The van der Waals surface area contributed by atoms with Crippen molar-refractivity contribution in [1.29, 1.82) is 5.26 Å². The highest BCUT2D eigenvalue weighted by molar-refractivity contribution is 5.87. The van der Waals surface area contributed by atoms with E-state index in [0.717, 1.165) is 35.2 Å². The molecule has 3 rings (SSSR count). The molecule has 3 heteroatoms. The molecule has 0 aliphatic heterocycles. The number of fused-ring (bicyclic) bond motifs is 1. The molecule has 116 valence electrons. The van der Waals surface area contributed by atoms with Gasteiger partial charge in [-0.25, -0.2) is 0 Å². The van der Waals surface area contributed by atoms with Gasteiger partial charge in [0.15, 0.2) is 0 Å². The van der Waals surface area contributed by atoms with Crippen LogP contribution in [0.4, 0.5) is 0 Å². The lowest BCUT2D eigenvalue weighted by molar-refractivity contribution is 0.415. The van der Waals surface area contributed by atoms with Crippen LogP contribution >= 0.6 is 0 Å². The highest BCUT2D eigenvalue weighted by Crippen LogP contribution is 2.31. The summed E-state index contributed by atoms with van der Waals surface area (Å²) in [5.41, 5.74) is 4.79. The van der Waals surface area contributed by atoms with Crippen LogP contribution in [0, 0.1) is 11.3 Å². The van der Waals surface area contributed by atoms with E-state index in [1.165, 1.54) is 11.3 Å². The minimum atomic E-state index is 0.425. The van der Waals surface area contributed by atoms with Crippen molar-refractivity contribution in [2.45, 2.75) is 26.3 Å². The van der Waals surface area contributed by atoms with Crippen LogP contribution in [0.15, 0.2) is 48.5 Å². The molecule has 0 N–H and O–H groups in total. The summed E-state index contributed by atoms with van der Waals surface area (Å²) in [6.07, 6.45) is 1.33. The molecular weight excluding hydrogens is 284 g/mol. The molecular formula is C20H20N2O. The number of methoxy groups -OCH3 is 1. The van der Waals surface area contributed by atoms with Crippen molar-refractivity contribution < 1.29 is 4.74 Å². The molecule has 3 aromatic rings. The molecule has 0 saturated carbocycles. The second-order valence-electron chi connectivity index (χ2n) is 5.57. The van der Waals surface area contributed by atoms with Crippen molar-refractivity contribution in [3.63, 3.8) is 0 Å². The van der Waals surface area contributed by atoms with Crippen LogP contribution in [-0.2, 0) is 19.4 Å². The topological polar surface area (TPSA) is 37.9 Å². The molecule has 23 heavy (non-hydrogen) atoms. The number of nitriles is 1. The van der Waals surface area contributed by atoms with Gasteiger partial charge in [-0.2, -0.15) is 5.26 Å². The predicted molar refractivity (Wildman–Crippen MR) is 92.7 cm³/mol. The summed E-state index contributed by atoms with van der Waals surface area (Å²) >= 11 is 0. The number of hydrogen-bond acceptors (Lipinski definition) is 2. The maximum atomic E-state index is 9.23. The third-order valence-corrected chi connectivity index (χ3v) is 4.27. The summed E-state index contributed by atoms with van der Waals surface area (Å²) in [4.78, 5) is 0. The SMILES string of the molecule is CCc1c(CC#N)c2cc(OC)ccc2n1Cc1ccccc1. The lowest BCUT2D eigenvalue weighted by atomic mass is 10.1. The van der Waals surface area contributed by atoms with Gasteiger partial charge < -0.3 is 9.30 Å². The van der Waals surface area contributed by atoms with Gasteiger partial charge in [0, 0.05) is 23.1 Å². The first kappa shape index (κ1) is 15.2. The van der Waals surface area contributed by atoms with Crippen LogP contribution in [0.2, 0.25) is 0 Å². The van der Waals surface area contributed by atoms with Gasteiger partial charge in [0.1, 0.15) is 5.75 Å². The standard InChI is InChI=1S/C20H20N2O/c1-3-19-17(11-12-21)18-13-16(23-2)9-10-20(18)22(19)14-15-7-5-4-6-8-15/h4-10,13H,3,11,14H2,1-2H3. The van der Waals surface area contributed by atoms with Gasteiger partial charge in [-0.1, -0.05) is 37.3 Å². The van der Waals surface area contributed by atoms with Gasteiger partial charge in [-0.05, 0) is 35.7 Å². The van der Waals surface area contributed by atoms with Crippen LogP contribution in [0.1, 0.15) is 23.7 Å². The molecule has 3 nitrogen and oxygen atoms in total. The van der Waals surface area contributed by atoms with Crippen molar-refractivity contribution in [3.05, 3.63) is 65.4 Å². The fourth-order valence-electron chi connectivity index (χ4n) is 3.21. The lowest BCUT2D eigenvalue weighted by Gasteiger charge is -2.11. The molecule has 0 aliphatic rings. The zero-order valence-corrected chi connectivity index (χ0v) is 13.5. The second-order valence-corrected chi connectivity index (χ2v) is 5.57. The normalized spacial score (nSPS) is 10.7. The monoisotopic (exact) mass is 304 g/mol. The Morgan fingerprint density at radius 3 is 2.57 bits per heavy atom. The Labute approximate surface area is 136 Å². The summed E-state index contributed by atoms with van der Waals surface area (Å²) < 4.78 is 7.69. The molecule has 1 heterocycles. The van der Waals surface area contributed by atoms with Crippen molar-refractivity contribution in [3.8, 4) is 11.8 Å². The van der Waals surface area contributed by atoms with Gasteiger partial charge in [0.2, 0.25) is 0 Å². The molecule has 1 aromatic heterocycles. The number of rotatable bonds is 5. The van der Waals surface area contributed by atoms with E-state index in [0.29, 0.717) is 6.42 Å². The van der Waals surface area contributed by atoms with Crippen LogP contribution in [0.25, 0.3) is 10.9 Å². The van der Waals surface area contributed by atoms with Gasteiger partial charge >= 0.3 is 0 Å². The van der Waals surface area contributed by atoms with E-state index < -0.39 is 0 Å². The lowest BCUT2D eigenvalue weighted by Crippen LogP contribution is -2.04. The minimum Gasteiger partial charge on any atom is -0.497 e. The van der Waals surface area contributed by atoms with E-state index in [1.807, 2.05) is 18.2 Å². The maximum Gasteiger partial charge on any atom is 0.119 e. The van der Waals surface area contributed by atoms with Crippen LogP contribution in [0.3, 0.4) is 0 Å². The highest BCUT2D eigenvalue weighted by Gasteiger charge is 2.16. The van der Waals surface area contributed by atoms with Gasteiger partial charge in [0.05, 0.1) is 19.6 Å². The van der Waals surface area contributed by atoms with E-state index >= 15 is 0 Å². The molecule has 0 fully saturated rings. The average Bonchev–Trinajstić information content (AvgIpc) is 2.88. The largest absolute Gasteiger partial charge is 0.497 e. The van der Waals surface area contributed by atoms with Crippen molar-refractivity contribution in [2.75, 3.05) is 7.11 Å². The summed E-state index contributed by atoms with van der Waals surface area (Å²) in [6, 6.07) is 18.9. The molecule has 0 amide bonds. The first-order valence-corrected chi connectivity index (χ1v) is 7.87. The summed E-state index contributed by atoms with van der Waals surface area (Å²) in [5, 5.41) is 10.4. The maximum absolute atomic E-state index is 9.23. The molecule has 0 aliphatic carbocycles.